The van der Waals surface area contributed by atoms with Crippen molar-refractivity contribution in [2.75, 3.05) is 0 Å². The molecule has 1 aliphatic rings. The lowest BCUT2D eigenvalue weighted by molar-refractivity contribution is 0.376. The number of unbranched alkanes of at least 4 members (excludes halogenated alkanes) is 1. The van der Waals surface area contributed by atoms with Crippen LogP contribution in [-0.2, 0) is 6.42 Å². The van der Waals surface area contributed by atoms with Crippen molar-refractivity contribution in [2.45, 2.75) is 57.8 Å². The smallest absolute Gasteiger partial charge is 0.0908 e. The molecule has 1 nitrogen and oxygen atoms in total. The fraction of sp³-hybridized carbons (Fsp3) is 0.526. The van der Waals surface area contributed by atoms with Gasteiger partial charge >= 0.3 is 0 Å². The first-order valence-corrected chi connectivity index (χ1v) is 7.98. The van der Waals surface area contributed by atoms with E-state index in [4.69, 9.17) is 5.26 Å². The monoisotopic (exact) mass is 267 g/mol. The number of allylic oxidation sites excluding steroid dienone is 2. The Morgan fingerprint density at radius 3 is 2.45 bits per heavy atom. The van der Waals surface area contributed by atoms with Crippen molar-refractivity contribution in [3.8, 4) is 6.07 Å². The highest BCUT2D eigenvalue weighted by Crippen LogP contribution is 2.36. The van der Waals surface area contributed by atoms with Gasteiger partial charge < -0.3 is 0 Å². The van der Waals surface area contributed by atoms with Crippen molar-refractivity contribution in [3.63, 3.8) is 0 Å². The molecule has 0 amide bonds. The van der Waals surface area contributed by atoms with Crippen molar-refractivity contribution < 1.29 is 0 Å². The van der Waals surface area contributed by atoms with E-state index in [1.165, 1.54) is 56.1 Å². The van der Waals surface area contributed by atoms with Crippen molar-refractivity contribution in [1.82, 2.24) is 0 Å². The minimum atomic E-state index is 0.620. The molecular formula is C19H25N. The third kappa shape index (κ3) is 4.23. The topological polar surface area (TPSA) is 23.8 Å². The minimum absolute atomic E-state index is 0.620. The number of nitrogens with zero attached hydrogens (tertiary/aromatic N) is 1. The lowest BCUT2D eigenvalue weighted by atomic mass is 9.78. The van der Waals surface area contributed by atoms with E-state index < -0.39 is 0 Å². The van der Waals surface area contributed by atoms with Gasteiger partial charge in [0.15, 0.2) is 0 Å². The summed E-state index contributed by atoms with van der Waals surface area (Å²) in [4.78, 5) is 0. The Balaban J connectivity index is 1.87. The third-order valence-corrected chi connectivity index (χ3v) is 4.48. The summed E-state index contributed by atoms with van der Waals surface area (Å²) in [5.41, 5.74) is 2.98. The SMILES string of the molecule is CCCCc1ccc([C@H]2CC[C@H](C=CC#N)CC2)cc1. The fourth-order valence-corrected chi connectivity index (χ4v) is 3.16. The molecule has 0 radical (unpaired) electrons. The van der Waals surface area contributed by atoms with Gasteiger partial charge in [0.2, 0.25) is 0 Å². The molecule has 1 saturated carbocycles. The van der Waals surface area contributed by atoms with Crippen molar-refractivity contribution in [2.24, 2.45) is 5.92 Å². The standard InChI is InChI=1S/C19H25N/c1-2-3-5-16-7-11-18(12-8-16)19-13-9-17(10-14-19)6-4-15-20/h4,6-8,11-12,17,19H,2-3,5,9-10,13-14H2,1H3/t17-,19-. The number of nitriles is 1. The van der Waals surface area contributed by atoms with Crippen molar-refractivity contribution in [3.05, 3.63) is 47.5 Å². The number of hydrogen-bond donors (Lipinski definition) is 0. The van der Waals surface area contributed by atoms with Crippen molar-refractivity contribution in [1.29, 1.82) is 5.26 Å². The number of hydrogen-bond acceptors (Lipinski definition) is 1. The number of aryl methyl sites for hydroxylation is 1. The normalized spacial score (nSPS) is 22.8. The quantitative estimate of drug-likeness (QED) is 0.657. The van der Waals surface area contributed by atoms with E-state index in [2.05, 4.69) is 43.3 Å². The first kappa shape index (κ1) is 14.9. The second-order valence-electron chi connectivity index (χ2n) is 5.95. The lowest BCUT2D eigenvalue weighted by Crippen LogP contribution is -2.11. The Morgan fingerprint density at radius 2 is 1.85 bits per heavy atom. The highest BCUT2D eigenvalue weighted by Gasteiger charge is 2.20. The summed E-state index contributed by atoms with van der Waals surface area (Å²) in [5.74, 6) is 1.34. The van der Waals surface area contributed by atoms with E-state index in [0.29, 0.717) is 5.92 Å². The van der Waals surface area contributed by atoms with Crippen LogP contribution in [0.15, 0.2) is 36.4 Å². The highest BCUT2D eigenvalue weighted by atomic mass is 14.3. The first-order valence-electron chi connectivity index (χ1n) is 7.98. The molecule has 0 heterocycles. The summed E-state index contributed by atoms with van der Waals surface area (Å²) in [5, 5.41) is 8.58. The Morgan fingerprint density at radius 1 is 1.15 bits per heavy atom. The van der Waals surface area contributed by atoms with E-state index in [1.807, 2.05) is 0 Å². The van der Waals surface area contributed by atoms with Crippen LogP contribution < -0.4 is 0 Å². The van der Waals surface area contributed by atoms with E-state index in [0.717, 1.165) is 5.92 Å². The molecule has 0 aromatic heterocycles. The maximum absolute atomic E-state index is 8.58. The Hall–Kier alpha value is -1.55. The second-order valence-corrected chi connectivity index (χ2v) is 5.95. The molecule has 0 N–H and O–H groups in total. The van der Waals surface area contributed by atoms with Crippen LogP contribution in [0, 0.1) is 17.2 Å². The molecule has 0 saturated heterocycles. The minimum Gasteiger partial charge on any atom is -0.193 e. The molecule has 0 spiro atoms. The summed E-state index contributed by atoms with van der Waals surface area (Å²) < 4.78 is 0. The molecule has 1 heteroatoms. The van der Waals surface area contributed by atoms with Gasteiger partial charge in [-0.1, -0.05) is 43.7 Å². The van der Waals surface area contributed by atoms with Gasteiger partial charge in [0.25, 0.3) is 0 Å². The van der Waals surface area contributed by atoms with Gasteiger partial charge in [-0.3, -0.25) is 0 Å². The fourth-order valence-electron chi connectivity index (χ4n) is 3.16. The molecule has 2 rings (SSSR count). The van der Waals surface area contributed by atoms with E-state index in [1.54, 1.807) is 6.08 Å². The third-order valence-electron chi connectivity index (χ3n) is 4.48. The zero-order valence-corrected chi connectivity index (χ0v) is 12.5. The van der Waals surface area contributed by atoms with Crippen LogP contribution in [0.5, 0.6) is 0 Å². The van der Waals surface area contributed by atoms with Crippen LogP contribution in [0.4, 0.5) is 0 Å². The predicted octanol–water partition coefficient (Wildman–Crippen LogP) is 5.38. The number of rotatable bonds is 5. The summed E-state index contributed by atoms with van der Waals surface area (Å²) in [7, 11) is 0. The summed E-state index contributed by atoms with van der Waals surface area (Å²) in [6, 6.07) is 11.4. The molecule has 1 fully saturated rings. The van der Waals surface area contributed by atoms with Crippen LogP contribution in [0.3, 0.4) is 0 Å². The van der Waals surface area contributed by atoms with Crippen LogP contribution in [-0.4, -0.2) is 0 Å². The molecule has 1 aromatic carbocycles. The summed E-state index contributed by atoms with van der Waals surface area (Å²) in [6.07, 6.45) is 12.5. The summed E-state index contributed by atoms with van der Waals surface area (Å²) in [6.45, 7) is 2.24. The van der Waals surface area contributed by atoms with Gasteiger partial charge in [-0.05, 0) is 61.5 Å². The zero-order chi connectivity index (χ0) is 14.2. The number of benzene rings is 1. The molecule has 20 heavy (non-hydrogen) atoms. The predicted molar refractivity (Wildman–Crippen MR) is 84.5 cm³/mol. The van der Waals surface area contributed by atoms with Gasteiger partial charge in [0.1, 0.15) is 0 Å². The molecular weight excluding hydrogens is 242 g/mol. The second kappa shape index (κ2) is 7.90. The summed E-state index contributed by atoms with van der Waals surface area (Å²) >= 11 is 0. The maximum Gasteiger partial charge on any atom is 0.0908 e. The first-order chi connectivity index (χ1) is 9.83. The van der Waals surface area contributed by atoms with Gasteiger partial charge in [0.05, 0.1) is 6.07 Å². The average Bonchev–Trinajstić information content (AvgIpc) is 2.52. The van der Waals surface area contributed by atoms with Gasteiger partial charge in [0, 0.05) is 6.08 Å². The Bertz CT molecular complexity index is 456. The van der Waals surface area contributed by atoms with Crippen LogP contribution in [0.25, 0.3) is 0 Å². The molecule has 0 atom stereocenters. The maximum atomic E-state index is 8.58. The largest absolute Gasteiger partial charge is 0.193 e. The van der Waals surface area contributed by atoms with E-state index in [-0.39, 0.29) is 0 Å². The lowest BCUT2D eigenvalue weighted by Gasteiger charge is -2.27. The van der Waals surface area contributed by atoms with Crippen molar-refractivity contribution >= 4 is 0 Å². The average molecular weight is 267 g/mol. The molecule has 0 unspecified atom stereocenters. The zero-order valence-electron chi connectivity index (χ0n) is 12.5. The van der Waals surface area contributed by atoms with E-state index >= 15 is 0 Å². The Labute approximate surface area is 123 Å². The molecule has 0 aliphatic heterocycles. The van der Waals surface area contributed by atoms with Crippen LogP contribution in [0.1, 0.15) is 62.5 Å². The highest BCUT2D eigenvalue weighted by molar-refractivity contribution is 5.26. The van der Waals surface area contributed by atoms with Gasteiger partial charge in [-0.2, -0.15) is 5.26 Å². The molecule has 106 valence electrons. The van der Waals surface area contributed by atoms with E-state index in [9.17, 15) is 0 Å². The van der Waals surface area contributed by atoms with Crippen LogP contribution >= 0.6 is 0 Å². The molecule has 0 bridgehead atoms. The molecule has 1 aromatic rings. The van der Waals surface area contributed by atoms with Crippen LogP contribution in [0.2, 0.25) is 0 Å². The Kier molecular flexibility index (Phi) is 5.87. The van der Waals surface area contributed by atoms with Gasteiger partial charge in [-0.15, -0.1) is 0 Å². The van der Waals surface area contributed by atoms with Gasteiger partial charge in [-0.25, -0.2) is 0 Å². The molecule has 1 aliphatic carbocycles.